The number of piperazine rings is 1. The Bertz CT molecular complexity index is 1050. The van der Waals surface area contributed by atoms with Crippen LogP contribution in [-0.2, 0) is 13.1 Å². The SMILES string of the molecule is Cc1c(Cl)cccc1C(=O)NCc1scnc1N1CCN(Cc2ccc(F)cc2)CC1. The maximum atomic E-state index is 13.1. The molecule has 3 aromatic rings. The Hall–Kier alpha value is -2.48. The highest BCUT2D eigenvalue weighted by Gasteiger charge is 2.22. The molecule has 1 fully saturated rings. The predicted octanol–water partition coefficient (Wildman–Crippen LogP) is 4.50. The third kappa shape index (κ3) is 5.23. The van der Waals surface area contributed by atoms with Gasteiger partial charge in [-0.05, 0) is 42.3 Å². The lowest BCUT2D eigenvalue weighted by Gasteiger charge is -2.35. The monoisotopic (exact) mass is 458 g/mol. The van der Waals surface area contributed by atoms with Crippen LogP contribution in [0.3, 0.4) is 0 Å². The van der Waals surface area contributed by atoms with Crippen molar-refractivity contribution < 1.29 is 9.18 Å². The van der Waals surface area contributed by atoms with Gasteiger partial charge in [0.1, 0.15) is 11.6 Å². The van der Waals surface area contributed by atoms with Gasteiger partial charge < -0.3 is 10.2 Å². The molecule has 1 N–H and O–H groups in total. The fourth-order valence-electron chi connectivity index (χ4n) is 3.72. The number of thiazole rings is 1. The smallest absolute Gasteiger partial charge is 0.251 e. The number of rotatable bonds is 6. The first-order chi connectivity index (χ1) is 15.0. The number of carbonyl (C=O) groups excluding carboxylic acids is 1. The number of nitrogens with zero attached hydrogens (tertiary/aromatic N) is 3. The maximum Gasteiger partial charge on any atom is 0.251 e. The molecule has 0 unspecified atom stereocenters. The summed E-state index contributed by atoms with van der Waals surface area (Å²) in [6, 6.07) is 12.0. The van der Waals surface area contributed by atoms with Crippen LogP contribution in [0.5, 0.6) is 0 Å². The first-order valence-corrected chi connectivity index (χ1v) is 11.4. The van der Waals surface area contributed by atoms with Crippen molar-refractivity contribution in [2.45, 2.75) is 20.0 Å². The molecule has 2 heterocycles. The first kappa shape index (κ1) is 21.7. The highest BCUT2D eigenvalue weighted by atomic mass is 35.5. The third-order valence-corrected chi connectivity index (χ3v) is 6.76. The Morgan fingerprint density at radius 2 is 1.90 bits per heavy atom. The highest BCUT2D eigenvalue weighted by molar-refractivity contribution is 7.10. The summed E-state index contributed by atoms with van der Waals surface area (Å²) in [6.07, 6.45) is 0. The minimum atomic E-state index is -0.206. The van der Waals surface area contributed by atoms with Gasteiger partial charge in [-0.25, -0.2) is 9.37 Å². The lowest BCUT2D eigenvalue weighted by atomic mass is 10.1. The van der Waals surface area contributed by atoms with E-state index >= 15 is 0 Å². The van der Waals surface area contributed by atoms with Crippen molar-refractivity contribution >= 4 is 34.7 Å². The van der Waals surface area contributed by atoms with Crippen LogP contribution in [0.4, 0.5) is 10.2 Å². The number of aromatic nitrogens is 1. The van der Waals surface area contributed by atoms with Crippen LogP contribution in [0.1, 0.15) is 26.4 Å². The maximum absolute atomic E-state index is 13.1. The Balaban J connectivity index is 1.33. The van der Waals surface area contributed by atoms with Crippen molar-refractivity contribution in [1.82, 2.24) is 15.2 Å². The lowest BCUT2D eigenvalue weighted by molar-refractivity contribution is 0.0950. The number of benzene rings is 2. The zero-order valence-electron chi connectivity index (χ0n) is 17.3. The van der Waals surface area contributed by atoms with Crippen LogP contribution in [0, 0.1) is 12.7 Å². The Morgan fingerprint density at radius 1 is 1.16 bits per heavy atom. The van der Waals surface area contributed by atoms with Crippen LogP contribution in [0.25, 0.3) is 0 Å². The van der Waals surface area contributed by atoms with Crippen LogP contribution < -0.4 is 10.2 Å². The molecule has 0 radical (unpaired) electrons. The van der Waals surface area contributed by atoms with Crippen molar-refractivity contribution in [3.8, 4) is 0 Å². The van der Waals surface area contributed by atoms with E-state index in [2.05, 4.69) is 20.1 Å². The van der Waals surface area contributed by atoms with E-state index in [9.17, 15) is 9.18 Å². The van der Waals surface area contributed by atoms with Crippen molar-refractivity contribution in [3.05, 3.63) is 80.4 Å². The number of carbonyl (C=O) groups is 1. The van der Waals surface area contributed by atoms with Crippen molar-refractivity contribution in [2.75, 3.05) is 31.1 Å². The number of anilines is 1. The molecule has 1 amide bonds. The Labute approximate surface area is 190 Å². The van der Waals surface area contributed by atoms with Gasteiger partial charge >= 0.3 is 0 Å². The summed E-state index contributed by atoms with van der Waals surface area (Å²) >= 11 is 7.69. The minimum absolute atomic E-state index is 0.136. The second-order valence-electron chi connectivity index (χ2n) is 7.58. The normalized spacial score (nSPS) is 14.6. The summed E-state index contributed by atoms with van der Waals surface area (Å²) in [5, 5.41) is 3.59. The molecule has 5 nitrogen and oxygen atoms in total. The van der Waals surface area contributed by atoms with E-state index in [1.54, 1.807) is 29.5 Å². The summed E-state index contributed by atoms with van der Waals surface area (Å²) in [5.41, 5.74) is 4.31. The predicted molar refractivity (Wildman–Crippen MR) is 123 cm³/mol. The van der Waals surface area contributed by atoms with Crippen molar-refractivity contribution in [3.63, 3.8) is 0 Å². The van der Waals surface area contributed by atoms with E-state index in [-0.39, 0.29) is 11.7 Å². The average molecular weight is 459 g/mol. The van der Waals surface area contributed by atoms with Crippen LogP contribution in [0.2, 0.25) is 5.02 Å². The molecule has 4 rings (SSSR count). The van der Waals surface area contributed by atoms with Gasteiger partial charge in [0.15, 0.2) is 0 Å². The number of hydrogen-bond donors (Lipinski definition) is 1. The Morgan fingerprint density at radius 3 is 2.65 bits per heavy atom. The van der Waals surface area contributed by atoms with E-state index in [1.807, 2.05) is 24.6 Å². The molecule has 8 heteroatoms. The summed E-state index contributed by atoms with van der Waals surface area (Å²) in [5.74, 6) is 0.597. The number of hydrogen-bond acceptors (Lipinski definition) is 5. The van der Waals surface area contributed by atoms with Crippen molar-refractivity contribution in [1.29, 1.82) is 0 Å². The van der Waals surface area contributed by atoms with Gasteiger partial charge in [-0.2, -0.15) is 0 Å². The second-order valence-corrected chi connectivity index (χ2v) is 8.93. The number of amides is 1. The van der Waals surface area contributed by atoms with E-state index in [1.165, 1.54) is 12.1 Å². The van der Waals surface area contributed by atoms with Crippen LogP contribution in [0.15, 0.2) is 48.0 Å². The van der Waals surface area contributed by atoms with E-state index in [4.69, 9.17) is 11.6 Å². The molecule has 31 heavy (non-hydrogen) atoms. The summed E-state index contributed by atoms with van der Waals surface area (Å²) in [4.78, 5) is 22.8. The lowest BCUT2D eigenvalue weighted by Crippen LogP contribution is -2.46. The molecular weight excluding hydrogens is 435 g/mol. The highest BCUT2D eigenvalue weighted by Crippen LogP contribution is 2.25. The second kappa shape index (κ2) is 9.77. The molecular formula is C23H24ClFN4OS. The molecule has 0 saturated carbocycles. The van der Waals surface area contributed by atoms with Gasteiger partial charge in [0.25, 0.3) is 5.91 Å². The van der Waals surface area contributed by atoms with E-state index in [0.717, 1.165) is 54.5 Å². The van der Waals surface area contributed by atoms with Gasteiger partial charge in [-0.1, -0.05) is 29.8 Å². The zero-order valence-corrected chi connectivity index (χ0v) is 18.8. The molecule has 0 aliphatic carbocycles. The number of nitrogens with one attached hydrogen (secondary N) is 1. The first-order valence-electron chi connectivity index (χ1n) is 10.2. The van der Waals surface area contributed by atoms with Gasteiger partial charge in [0, 0.05) is 43.3 Å². The van der Waals surface area contributed by atoms with Gasteiger partial charge in [-0.3, -0.25) is 9.69 Å². The zero-order chi connectivity index (χ0) is 21.8. The summed E-state index contributed by atoms with van der Waals surface area (Å²) in [6.45, 7) is 6.62. The van der Waals surface area contributed by atoms with Gasteiger partial charge in [-0.15, -0.1) is 11.3 Å². The molecule has 1 aliphatic rings. The Kier molecular flexibility index (Phi) is 6.85. The molecule has 1 saturated heterocycles. The molecule has 0 spiro atoms. The van der Waals surface area contributed by atoms with Crippen molar-refractivity contribution in [2.24, 2.45) is 0 Å². The molecule has 0 bridgehead atoms. The van der Waals surface area contributed by atoms with E-state index < -0.39 is 0 Å². The largest absolute Gasteiger partial charge is 0.353 e. The topological polar surface area (TPSA) is 48.5 Å². The quantitative estimate of drug-likeness (QED) is 0.591. The minimum Gasteiger partial charge on any atom is -0.353 e. The molecule has 1 aliphatic heterocycles. The fourth-order valence-corrected chi connectivity index (χ4v) is 4.62. The van der Waals surface area contributed by atoms with Gasteiger partial charge in [0.05, 0.1) is 16.9 Å². The van der Waals surface area contributed by atoms with Gasteiger partial charge in [0.2, 0.25) is 0 Å². The molecule has 162 valence electrons. The standard InChI is InChI=1S/C23H24ClFN4OS/c1-16-19(3-2-4-20(16)24)23(30)26-13-21-22(27-15-31-21)29-11-9-28(10-12-29)14-17-5-7-18(25)8-6-17/h2-8,15H,9-14H2,1H3,(H,26,30). The number of halogens is 2. The van der Waals surface area contributed by atoms with E-state index in [0.29, 0.717) is 17.1 Å². The molecule has 0 atom stereocenters. The van der Waals surface area contributed by atoms with Crippen LogP contribution in [-0.4, -0.2) is 42.0 Å². The third-order valence-electron chi connectivity index (χ3n) is 5.53. The summed E-state index contributed by atoms with van der Waals surface area (Å²) in [7, 11) is 0. The summed E-state index contributed by atoms with van der Waals surface area (Å²) < 4.78 is 13.1. The molecule has 2 aromatic carbocycles. The average Bonchev–Trinajstić information content (AvgIpc) is 3.25. The fraction of sp³-hybridized carbons (Fsp3) is 0.304. The molecule has 1 aromatic heterocycles. The van der Waals surface area contributed by atoms with Crippen LogP contribution >= 0.6 is 22.9 Å².